The number of carbonyl (C=O) groups excluding carboxylic acids is 1. The first kappa shape index (κ1) is 18.1. The van der Waals surface area contributed by atoms with E-state index in [1.54, 1.807) is 4.90 Å². The first-order valence-corrected chi connectivity index (χ1v) is 8.99. The van der Waals surface area contributed by atoms with Crippen LogP contribution in [-0.2, 0) is 4.79 Å². The van der Waals surface area contributed by atoms with Crippen molar-refractivity contribution in [1.29, 1.82) is 5.26 Å². The van der Waals surface area contributed by atoms with Gasteiger partial charge in [0, 0.05) is 24.5 Å². The highest BCUT2D eigenvalue weighted by Gasteiger charge is 2.14. The van der Waals surface area contributed by atoms with Gasteiger partial charge in [-0.15, -0.1) is 0 Å². The van der Waals surface area contributed by atoms with Crippen LogP contribution in [0, 0.1) is 11.3 Å². The Kier molecular flexibility index (Phi) is 6.44. The Morgan fingerprint density at radius 3 is 2.67 bits per heavy atom. The molecule has 24 heavy (non-hydrogen) atoms. The Morgan fingerprint density at radius 1 is 1.29 bits per heavy atom. The normalized spacial score (nSPS) is 10.4. The van der Waals surface area contributed by atoms with Crippen LogP contribution in [0.3, 0.4) is 0 Å². The van der Waals surface area contributed by atoms with Crippen LogP contribution in [0.1, 0.15) is 26.3 Å². The molecule has 5 nitrogen and oxygen atoms in total. The van der Waals surface area contributed by atoms with Crippen LogP contribution in [-0.4, -0.2) is 41.2 Å². The predicted octanol–water partition coefficient (Wildman–Crippen LogP) is 3.47. The fourth-order valence-electron chi connectivity index (χ4n) is 2.37. The largest absolute Gasteiger partial charge is 0.494 e. The van der Waals surface area contributed by atoms with Gasteiger partial charge in [-0.3, -0.25) is 4.79 Å². The number of fused-ring (bicyclic) bond motifs is 1. The predicted molar refractivity (Wildman–Crippen MR) is 96.3 cm³/mol. The molecule has 2 aromatic rings. The van der Waals surface area contributed by atoms with Crippen molar-refractivity contribution >= 4 is 28.6 Å². The molecule has 6 heteroatoms. The first-order chi connectivity index (χ1) is 11.6. The average molecular weight is 343 g/mol. The number of hydrogen-bond acceptors (Lipinski definition) is 5. The summed E-state index contributed by atoms with van der Waals surface area (Å²) in [7, 11) is 0. The molecule has 1 aromatic heterocycles. The molecule has 0 spiro atoms. The summed E-state index contributed by atoms with van der Waals surface area (Å²) < 4.78 is 5.50. The molecular formula is C18H21N3O2S. The zero-order valence-electron chi connectivity index (χ0n) is 14.2. The molecule has 0 aliphatic heterocycles. The Labute approximate surface area is 146 Å². The van der Waals surface area contributed by atoms with Crippen LogP contribution < -0.4 is 4.74 Å². The summed E-state index contributed by atoms with van der Waals surface area (Å²) in [5.41, 5.74) is 1.25. The maximum absolute atomic E-state index is 12.2. The number of pyridine rings is 1. The topological polar surface area (TPSA) is 66.2 Å². The van der Waals surface area contributed by atoms with E-state index >= 15 is 0 Å². The average Bonchev–Trinajstić information content (AvgIpc) is 2.60. The van der Waals surface area contributed by atoms with Crippen LogP contribution in [0.25, 0.3) is 10.9 Å². The lowest BCUT2D eigenvalue weighted by Gasteiger charge is -2.18. The minimum atomic E-state index is 0.0545. The summed E-state index contributed by atoms with van der Waals surface area (Å²) in [6.07, 6.45) is 0. The smallest absolute Gasteiger partial charge is 0.232 e. The van der Waals surface area contributed by atoms with Gasteiger partial charge >= 0.3 is 0 Å². The number of nitrogens with zero attached hydrogens (tertiary/aromatic N) is 3. The van der Waals surface area contributed by atoms with Crippen molar-refractivity contribution in [2.75, 3.05) is 25.4 Å². The monoisotopic (exact) mass is 343 g/mol. The molecule has 0 radical (unpaired) electrons. The number of rotatable bonds is 7. The molecule has 0 aliphatic rings. The third kappa shape index (κ3) is 4.18. The third-order valence-electron chi connectivity index (χ3n) is 3.63. The van der Waals surface area contributed by atoms with Gasteiger partial charge in [0.2, 0.25) is 5.91 Å². The van der Waals surface area contributed by atoms with Gasteiger partial charge in [0.25, 0.3) is 0 Å². The summed E-state index contributed by atoms with van der Waals surface area (Å²) in [5, 5.41) is 10.8. The molecule has 126 valence electrons. The number of ether oxygens (including phenoxy) is 1. The Hall–Kier alpha value is -2.26. The van der Waals surface area contributed by atoms with Crippen molar-refractivity contribution in [3.8, 4) is 11.8 Å². The van der Waals surface area contributed by atoms with Crippen molar-refractivity contribution in [1.82, 2.24) is 9.88 Å². The van der Waals surface area contributed by atoms with E-state index < -0.39 is 0 Å². The zero-order chi connectivity index (χ0) is 17.5. The molecule has 0 unspecified atom stereocenters. The number of nitriles is 1. The number of carbonyl (C=O) groups is 1. The molecule has 1 heterocycles. The summed E-state index contributed by atoms with van der Waals surface area (Å²) >= 11 is 1.31. The molecular weight excluding hydrogens is 322 g/mol. The molecule has 0 N–H and O–H groups in total. The lowest BCUT2D eigenvalue weighted by molar-refractivity contribution is -0.127. The number of hydrogen-bond donors (Lipinski definition) is 0. The van der Waals surface area contributed by atoms with Crippen molar-refractivity contribution in [3.63, 3.8) is 0 Å². The lowest BCUT2D eigenvalue weighted by atomic mass is 10.1. The highest BCUT2D eigenvalue weighted by molar-refractivity contribution is 8.00. The second-order valence-corrected chi connectivity index (χ2v) is 6.06. The molecule has 0 bridgehead atoms. The van der Waals surface area contributed by atoms with Gasteiger partial charge in [0.15, 0.2) is 0 Å². The minimum absolute atomic E-state index is 0.0545. The lowest BCUT2D eigenvalue weighted by Crippen LogP contribution is -2.31. The van der Waals surface area contributed by atoms with Crippen LogP contribution in [0.2, 0.25) is 0 Å². The van der Waals surface area contributed by atoms with Gasteiger partial charge in [-0.2, -0.15) is 5.26 Å². The summed E-state index contributed by atoms with van der Waals surface area (Å²) in [6, 6.07) is 9.59. The van der Waals surface area contributed by atoms with E-state index in [1.165, 1.54) is 11.8 Å². The molecule has 0 saturated heterocycles. The number of aromatic nitrogens is 1. The SMILES string of the molecule is CCOc1ccc2cc(C#N)c(SCC(=O)N(CC)CC)nc2c1. The quantitative estimate of drug-likeness (QED) is 0.720. The molecule has 2 rings (SSSR count). The minimum Gasteiger partial charge on any atom is -0.494 e. The van der Waals surface area contributed by atoms with Crippen molar-refractivity contribution < 1.29 is 9.53 Å². The summed E-state index contributed by atoms with van der Waals surface area (Å²) in [4.78, 5) is 18.5. The van der Waals surface area contributed by atoms with Gasteiger partial charge in [-0.1, -0.05) is 11.8 Å². The van der Waals surface area contributed by atoms with Gasteiger partial charge in [0.1, 0.15) is 16.8 Å². The molecule has 0 aliphatic carbocycles. The molecule has 0 fully saturated rings. The second kappa shape index (κ2) is 8.55. The van der Waals surface area contributed by atoms with Gasteiger partial charge in [-0.25, -0.2) is 4.98 Å². The van der Waals surface area contributed by atoms with E-state index in [1.807, 2.05) is 45.0 Å². The fraction of sp³-hybridized carbons (Fsp3) is 0.389. The van der Waals surface area contributed by atoms with Crippen molar-refractivity contribution in [2.24, 2.45) is 0 Å². The summed E-state index contributed by atoms with van der Waals surface area (Å²) in [6.45, 7) is 7.79. The first-order valence-electron chi connectivity index (χ1n) is 8.01. The molecule has 0 saturated carbocycles. The summed E-state index contributed by atoms with van der Waals surface area (Å²) in [5.74, 6) is 1.08. The zero-order valence-corrected chi connectivity index (χ0v) is 15.0. The van der Waals surface area contributed by atoms with Crippen LogP contribution in [0.15, 0.2) is 29.3 Å². The van der Waals surface area contributed by atoms with E-state index in [4.69, 9.17) is 4.74 Å². The highest BCUT2D eigenvalue weighted by atomic mass is 32.2. The van der Waals surface area contributed by atoms with E-state index in [0.717, 1.165) is 16.7 Å². The van der Waals surface area contributed by atoms with Gasteiger partial charge < -0.3 is 9.64 Å². The maximum atomic E-state index is 12.2. The van der Waals surface area contributed by atoms with Crippen LogP contribution in [0.4, 0.5) is 0 Å². The van der Waals surface area contributed by atoms with E-state index in [9.17, 15) is 10.1 Å². The standard InChI is InChI=1S/C18H21N3O2S/c1-4-21(5-2)17(22)12-24-18-14(11-19)9-13-7-8-15(23-6-3)10-16(13)20-18/h7-10H,4-6,12H2,1-3H3. The molecule has 0 atom stereocenters. The second-order valence-electron chi connectivity index (χ2n) is 5.10. The van der Waals surface area contributed by atoms with E-state index in [0.29, 0.717) is 30.3 Å². The van der Waals surface area contributed by atoms with Gasteiger partial charge in [-0.05, 0) is 39.0 Å². The van der Waals surface area contributed by atoms with E-state index in [-0.39, 0.29) is 11.7 Å². The number of benzene rings is 1. The highest BCUT2D eigenvalue weighted by Crippen LogP contribution is 2.27. The maximum Gasteiger partial charge on any atom is 0.232 e. The van der Waals surface area contributed by atoms with Gasteiger partial charge in [0.05, 0.1) is 23.4 Å². The third-order valence-corrected chi connectivity index (χ3v) is 4.61. The fourth-order valence-corrected chi connectivity index (χ4v) is 3.24. The Morgan fingerprint density at radius 2 is 2.04 bits per heavy atom. The number of thioether (sulfide) groups is 1. The van der Waals surface area contributed by atoms with Crippen molar-refractivity contribution in [2.45, 2.75) is 25.8 Å². The van der Waals surface area contributed by atoms with E-state index in [2.05, 4.69) is 11.1 Å². The molecule has 1 amide bonds. The van der Waals surface area contributed by atoms with Crippen LogP contribution >= 0.6 is 11.8 Å². The number of amides is 1. The molecule has 1 aromatic carbocycles. The Bertz CT molecular complexity index is 767. The van der Waals surface area contributed by atoms with Crippen LogP contribution in [0.5, 0.6) is 5.75 Å². The van der Waals surface area contributed by atoms with Crippen molar-refractivity contribution in [3.05, 3.63) is 29.8 Å². The Balaban J connectivity index is 2.27.